The van der Waals surface area contributed by atoms with E-state index < -0.39 is 0 Å². The molecule has 0 aliphatic carbocycles. The van der Waals surface area contributed by atoms with Crippen molar-refractivity contribution in [3.8, 4) is 0 Å². The van der Waals surface area contributed by atoms with Crippen LogP contribution in [0.1, 0.15) is 18.4 Å². The van der Waals surface area contributed by atoms with Crippen LogP contribution < -0.4 is 4.90 Å². The highest BCUT2D eigenvalue weighted by Crippen LogP contribution is 2.27. The summed E-state index contributed by atoms with van der Waals surface area (Å²) in [5, 5.41) is 19.9. The molecule has 1 aromatic heterocycles. The number of para-hydroxylation sites is 1. The van der Waals surface area contributed by atoms with E-state index in [1.54, 1.807) is 0 Å². The van der Waals surface area contributed by atoms with Crippen molar-refractivity contribution in [2.24, 2.45) is 5.92 Å². The first kappa shape index (κ1) is 13.3. The molecule has 4 heteroatoms. The van der Waals surface area contributed by atoms with E-state index in [0.29, 0.717) is 5.92 Å². The largest absolute Gasteiger partial charge is 0.396 e. The molecule has 106 valence electrons. The van der Waals surface area contributed by atoms with Crippen molar-refractivity contribution in [1.29, 1.82) is 0 Å². The van der Waals surface area contributed by atoms with Gasteiger partial charge in [0.1, 0.15) is 5.82 Å². The third-order valence-electron chi connectivity index (χ3n) is 4.12. The van der Waals surface area contributed by atoms with Gasteiger partial charge in [0.2, 0.25) is 0 Å². The highest BCUT2D eigenvalue weighted by Gasteiger charge is 2.21. The van der Waals surface area contributed by atoms with Gasteiger partial charge in [0, 0.05) is 30.6 Å². The van der Waals surface area contributed by atoms with E-state index >= 15 is 0 Å². The lowest BCUT2D eigenvalue weighted by atomic mass is 9.97. The van der Waals surface area contributed by atoms with E-state index in [9.17, 15) is 10.2 Å². The second kappa shape index (κ2) is 5.77. The quantitative estimate of drug-likeness (QED) is 0.896. The molecule has 4 nitrogen and oxygen atoms in total. The fourth-order valence-corrected chi connectivity index (χ4v) is 2.87. The topological polar surface area (TPSA) is 56.6 Å². The fourth-order valence-electron chi connectivity index (χ4n) is 2.87. The van der Waals surface area contributed by atoms with E-state index in [-0.39, 0.29) is 13.2 Å². The zero-order valence-electron chi connectivity index (χ0n) is 11.5. The van der Waals surface area contributed by atoms with E-state index in [1.807, 2.05) is 30.3 Å². The summed E-state index contributed by atoms with van der Waals surface area (Å²) in [5.41, 5.74) is 1.84. The van der Waals surface area contributed by atoms with Crippen molar-refractivity contribution < 1.29 is 10.2 Å². The number of pyridine rings is 1. The Morgan fingerprint density at radius 1 is 1.15 bits per heavy atom. The van der Waals surface area contributed by atoms with Crippen molar-refractivity contribution in [3.63, 3.8) is 0 Å². The maximum Gasteiger partial charge on any atom is 0.134 e. The molecule has 2 aromatic rings. The number of fused-ring (bicyclic) bond motifs is 1. The molecule has 0 saturated carbocycles. The number of aliphatic hydroxyl groups is 2. The number of benzene rings is 1. The first-order valence-corrected chi connectivity index (χ1v) is 7.17. The molecule has 0 radical (unpaired) electrons. The lowest BCUT2D eigenvalue weighted by Gasteiger charge is -2.33. The van der Waals surface area contributed by atoms with Crippen LogP contribution in [-0.4, -0.2) is 34.9 Å². The molecule has 1 fully saturated rings. The first-order chi connectivity index (χ1) is 9.81. The van der Waals surface area contributed by atoms with E-state index in [4.69, 9.17) is 4.98 Å². The summed E-state index contributed by atoms with van der Waals surface area (Å²) in [6, 6.07) is 10.0. The van der Waals surface area contributed by atoms with Crippen LogP contribution in [-0.2, 0) is 6.61 Å². The lowest BCUT2D eigenvalue weighted by molar-refractivity contribution is 0.202. The molecule has 20 heavy (non-hydrogen) atoms. The highest BCUT2D eigenvalue weighted by atomic mass is 16.3. The van der Waals surface area contributed by atoms with Crippen molar-refractivity contribution in [3.05, 3.63) is 35.9 Å². The number of nitrogens with zero attached hydrogens (tertiary/aromatic N) is 2. The Morgan fingerprint density at radius 3 is 2.60 bits per heavy atom. The molecule has 0 spiro atoms. The van der Waals surface area contributed by atoms with Crippen molar-refractivity contribution in [2.45, 2.75) is 19.4 Å². The zero-order valence-corrected chi connectivity index (χ0v) is 11.5. The summed E-state index contributed by atoms with van der Waals surface area (Å²) >= 11 is 0. The second-order valence-electron chi connectivity index (χ2n) is 5.43. The number of aliphatic hydroxyl groups excluding tert-OH is 2. The Labute approximate surface area is 118 Å². The van der Waals surface area contributed by atoms with Gasteiger partial charge in [0.25, 0.3) is 0 Å². The Bertz CT molecular complexity index is 592. The van der Waals surface area contributed by atoms with Gasteiger partial charge in [-0.15, -0.1) is 0 Å². The third kappa shape index (κ3) is 2.49. The summed E-state index contributed by atoms with van der Waals surface area (Å²) in [6.45, 7) is 2.06. The molecule has 0 amide bonds. The zero-order chi connectivity index (χ0) is 13.9. The molecule has 2 N–H and O–H groups in total. The Morgan fingerprint density at radius 2 is 1.90 bits per heavy atom. The Balaban J connectivity index is 1.94. The number of aromatic nitrogens is 1. The summed E-state index contributed by atoms with van der Waals surface area (Å²) in [5.74, 6) is 1.30. The summed E-state index contributed by atoms with van der Waals surface area (Å²) < 4.78 is 0. The number of piperidine rings is 1. The van der Waals surface area contributed by atoms with Gasteiger partial charge >= 0.3 is 0 Å². The average molecular weight is 272 g/mol. The Hall–Kier alpha value is -1.65. The van der Waals surface area contributed by atoms with Gasteiger partial charge in [-0.2, -0.15) is 0 Å². The van der Waals surface area contributed by atoms with Crippen LogP contribution in [0.25, 0.3) is 10.9 Å². The summed E-state index contributed by atoms with van der Waals surface area (Å²) in [7, 11) is 0. The minimum atomic E-state index is 0.00704. The van der Waals surface area contributed by atoms with Crippen LogP contribution in [0.2, 0.25) is 0 Å². The molecule has 1 aliphatic heterocycles. The molecule has 1 aromatic carbocycles. The summed E-state index contributed by atoms with van der Waals surface area (Å²) in [4.78, 5) is 6.95. The lowest BCUT2D eigenvalue weighted by Crippen LogP contribution is -2.35. The Kier molecular flexibility index (Phi) is 3.85. The fraction of sp³-hybridized carbons (Fsp3) is 0.438. The summed E-state index contributed by atoms with van der Waals surface area (Å²) in [6.07, 6.45) is 1.96. The number of rotatable bonds is 3. The third-order valence-corrected chi connectivity index (χ3v) is 4.12. The van der Waals surface area contributed by atoms with Crippen molar-refractivity contribution in [2.75, 3.05) is 24.6 Å². The maximum atomic E-state index is 9.60. The highest BCUT2D eigenvalue weighted by molar-refractivity contribution is 5.81. The number of anilines is 1. The first-order valence-electron chi connectivity index (χ1n) is 7.17. The molecule has 2 heterocycles. The number of hydrogen-bond acceptors (Lipinski definition) is 4. The minimum absolute atomic E-state index is 0.00704. The van der Waals surface area contributed by atoms with Crippen molar-refractivity contribution in [1.82, 2.24) is 4.98 Å². The van der Waals surface area contributed by atoms with Crippen molar-refractivity contribution >= 4 is 16.7 Å². The minimum Gasteiger partial charge on any atom is -0.396 e. The van der Waals surface area contributed by atoms with Gasteiger partial charge in [0.15, 0.2) is 0 Å². The standard InChI is InChI=1S/C16H20N2O2/c19-10-12-5-7-18(8-6-12)16-14(11-20)9-13-3-1-2-4-15(13)17-16/h1-4,9,12,19-20H,5-8,10-11H2. The predicted octanol–water partition coefficient (Wildman–Crippen LogP) is 1.94. The van der Waals surface area contributed by atoms with Gasteiger partial charge in [-0.05, 0) is 30.9 Å². The molecule has 0 bridgehead atoms. The molecule has 0 unspecified atom stereocenters. The smallest absolute Gasteiger partial charge is 0.134 e. The molecule has 3 rings (SSSR count). The predicted molar refractivity (Wildman–Crippen MR) is 79.7 cm³/mol. The maximum absolute atomic E-state index is 9.60. The second-order valence-corrected chi connectivity index (χ2v) is 5.43. The van der Waals surface area contributed by atoms with Crippen LogP contribution in [0, 0.1) is 5.92 Å². The van der Waals surface area contributed by atoms with Crippen LogP contribution in [0.3, 0.4) is 0 Å². The van der Waals surface area contributed by atoms with Gasteiger partial charge in [-0.3, -0.25) is 0 Å². The van der Waals surface area contributed by atoms with Gasteiger partial charge in [-0.25, -0.2) is 4.98 Å². The van der Waals surface area contributed by atoms with Gasteiger partial charge in [0.05, 0.1) is 12.1 Å². The molecular formula is C16H20N2O2. The van der Waals surface area contributed by atoms with E-state index in [0.717, 1.165) is 48.2 Å². The molecule has 1 aliphatic rings. The van der Waals surface area contributed by atoms with Gasteiger partial charge < -0.3 is 15.1 Å². The average Bonchev–Trinajstić information content (AvgIpc) is 2.53. The normalized spacial score (nSPS) is 16.8. The van der Waals surface area contributed by atoms with Crippen LogP contribution in [0.5, 0.6) is 0 Å². The van der Waals surface area contributed by atoms with Crippen LogP contribution >= 0.6 is 0 Å². The van der Waals surface area contributed by atoms with Crippen LogP contribution in [0.15, 0.2) is 30.3 Å². The monoisotopic (exact) mass is 272 g/mol. The molecular weight excluding hydrogens is 252 g/mol. The van der Waals surface area contributed by atoms with Gasteiger partial charge in [-0.1, -0.05) is 18.2 Å². The molecule has 1 saturated heterocycles. The van der Waals surface area contributed by atoms with E-state index in [1.165, 1.54) is 0 Å². The van der Waals surface area contributed by atoms with Crippen LogP contribution in [0.4, 0.5) is 5.82 Å². The number of hydrogen-bond donors (Lipinski definition) is 2. The van der Waals surface area contributed by atoms with E-state index in [2.05, 4.69) is 4.90 Å². The SMILES string of the molecule is OCc1cc2ccccc2nc1N1CCC(CO)CC1. The molecule has 0 atom stereocenters.